The van der Waals surface area contributed by atoms with Crippen molar-refractivity contribution in [1.82, 2.24) is 10.2 Å². The lowest BCUT2D eigenvalue weighted by atomic mass is 10.2. The standard InChI is InChI=1S/C14H15ClN2O3S/c1-9(7-13(18)19-2)21-8-12-16-17-14(20-12)10-3-5-11(15)6-4-10/h3-6,9H,7-8H2,1-2H3. The van der Waals surface area contributed by atoms with E-state index in [1.165, 1.54) is 7.11 Å². The van der Waals surface area contributed by atoms with Crippen molar-refractivity contribution in [2.24, 2.45) is 0 Å². The monoisotopic (exact) mass is 326 g/mol. The molecule has 0 radical (unpaired) electrons. The molecule has 112 valence electrons. The number of thioether (sulfide) groups is 1. The van der Waals surface area contributed by atoms with Crippen LogP contribution >= 0.6 is 23.4 Å². The zero-order valence-electron chi connectivity index (χ0n) is 11.7. The van der Waals surface area contributed by atoms with Gasteiger partial charge in [0.05, 0.1) is 19.3 Å². The van der Waals surface area contributed by atoms with Gasteiger partial charge in [-0.1, -0.05) is 18.5 Å². The summed E-state index contributed by atoms with van der Waals surface area (Å²) in [7, 11) is 1.39. The molecule has 1 heterocycles. The molecule has 1 aromatic heterocycles. The second-order valence-electron chi connectivity index (χ2n) is 4.41. The fourth-order valence-electron chi connectivity index (χ4n) is 1.61. The van der Waals surface area contributed by atoms with Gasteiger partial charge >= 0.3 is 5.97 Å². The van der Waals surface area contributed by atoms with E-state index in [0.29, 0.717) is 29.0 Å². The molecule has 1 unspecified atom stereocenters. The Hall–Kier alpha value is -1.53. The first kappa shape index (κ1) is 15.9. The highest BCUT2D eigenvalue weighted by Gasteiger charge is 2.13. The summed E-state index contributed by atoms with van der Waals surface area (Å²) in [6, 6.07) is 7.20. The predicted molar refractivity (Wildman–Crippen MR) is 82.1 cm³/mol. The van der Waals surface area contributed by atoms with Gasteiger partial charge in [-0.05, 0) is 24.3 Å². The van der Waals surface area contributed by atoms with Crippen LogP contribution in [-0.2, 0) is 15.3 Å². The van der Waals surface area contributed by atoms with E-state index in [4.69, 9.17) is 16.0 Å². The molecule has 1 atom stereocenters. The zero-order valence-corrected chi connectivity index (χ0v) is 13.3. The Kier molecular flexibility index (Phi) is 5.64. The third kappa shape index (κ3) is 4.75. The van der Waals surface area contributed by atoms with Gasteiger partial charge in [0.15, 0.2) is 0 Å². The number of halogens is 1. The number of ether oxygens (including phenoxy) is 1. The lowest BCUT2D eigenvalue weighted by molar-refractivity contribution is -0.140. The molecule has 21 heavy (non-hydrogen) atoms. The van der Waals surface area contributed by atoms with Gasteiger partial charge in [-0.2, -0.15) is 0 Å². The highest BCUT2D eigenvalue weighted by molar-refractivity contribution is 7.99. The highest BCUT2D eigenvalue weighted by Crippen LogP contribution is 2.24. The van der Waals surface area contributed by atoms with E-state index >= 15 is 0 Å². The van der Waals surface area contributed by atoms with Crippen LogP contribution in [0, 0.1) is 0 Å². The van der Waals surface area contributed by atoms with Gasteiger partial charge in [-0.15, -0.1) is 22.0 Å². The van der Waals surface area contributed by atoms with Crippen molar-refractivity contribution >= 4 is 29.3 Å². The maximum Gasteiger partial charge on any atom is 0.306 e. The summed E-state index contributed by atoms with van der Waals surface area (Å²) in [5.74, 6) is 1.32. The maximum atomic E-state index is 11.2. The van der Waals surface area contributed by atoms with Crippen molar-refractivity contribution in [1.29, 1.82) is 0 Å². The van der Waals surface area contributed by atoms with Crippen molar-refractivity contribution in [2.45, 2.75) is 24.3 Å². The van der Waals surface area contributed by atoms with Crippen LogP contribution < -0.4 is 0 Å². The van der Waals surface area contributed by atoms with Gasteiger partial charge in [0.2, 0.25) is 11.8 Å². The Morgan fingerprint density at radius 1 is 1.38 bits per heavy atom. The van der Waals surface area contributed by atoms with Crippen molar-refractivity contribution in [3.63, 3.8) is 0 Å². The SMILES string of the molecule is COC(=O)CC(C)SCc1nnc(-c2ccc(Cl)cc2)o1. The number of esters is 1. The second kappa shape index (κ2) is 7.47. The first-order valence-corrected chi connectivity index (χ1v) is 7.78. The summed E-state index contributed by atoms with van der Waals surface area (Å²) in [6.07, 6.45) is 0.360. The highest BCUT2D eigenvalue weighted by atomic mass is 35.5. The topological polar surface area (TPSA) is 65.2 Å². The van der Waals surface area contributed by atoms with Crippen LogP contribution in [-0.4, -0.2) is 28.5 Å². The minimum Gasteiger partial charge on any atom is -0.469 e. The molecule has 2 aromatic rings. The maximum absolute atomic E-state index is 11.2. The largest absolute Gasteiger partial charge is 0.469 e. The van der Waals surface area contributed by atoms with Crippen LogP contribution in [0.5, 0.6) is 0 Å². The molecule has 0 amide bonds. The Balaban J connectivity index is 1.91. The van der Waals surface area contributed by atoms with Gasteiger partial charge in [-0.25, -0.2) is 0 Å². The lowest BCUT2D eigenvalue weighted by Gasteiger charge is -2.07. The predicted octanol–water partition coefficient (Wildman–Crippen LogP) is 3.57. The third-order valence-corrected chi connectivity index (χ3v) is 4.13. The lowest BCUT2D eigenvalue weighted by Crippen LogP contribution is -2.08. The van der Waals surface area contributed by atoms with Crippen LogP contribution in [0.15, 0.2) is 28.7 Å². The molecule has 0 aliphatic carbocycles. The quantitative estimate of drug-likeness (QED) is 0.756. The van der Waals surface area contributed by atoms with Crippen LogP contribution in [0.25, 0.3) is 11.5 Å². The molecule has 0 bridgehead atoms. The number of nitrogens with zero attached hydrogens (tertiary/aromatic N) is 2. The van der Waals surface area contributed by atoms with Crippen LogP contribution in [0.2, 0.25) is 5.02 Å². The summed E-state index contributed by atoms with van der Waals surface area (Å²) in [4.78, 5) is 11.2. The molecule has 0 aliphatic heterocycles. The fraction of sp³-hybridized carbons (Fsp3) is 0.357. The number of hydrogen-bond donors (Lipinski definition) is 0. The summed E-state index contributed by atoms with van der Waals surface area (Å²) < 4.78 is 10.2. The first-order chi connectivity index (χ1) is 10.1. The van der Waals surface area contributed by atoms with E-state index < -0.39 is 0 Å². The van der Waals surface area contributed by atoms with Gasteiger partial charge in [0.1, 0.15) is 0 Å². The smallest absolute Gasteiger partial charge is 0.306 e. The van der Waals surface area contributed by atoms with E-state index in [0.717, 1.165) is 5.56 Å². The number of rotatable bonds is 6. The summed E-state index contributed by atoms with van der Waals surface area (Å²) in [6.45, 7) is 1.96. The normalized spacial score (nSPS) is 12.1. The van der Waals surface area contributed by atoms with Gasteiger partial charge in [-0.3, -0.25) is 4.79 Å². The average molecular weight is 327 g/mol. The number of methoxy groups -OCH3 is 1. The third-order valence-electron chi connectivity index (χ3n) is 2.73. The van der Waals surface area contributed by atoms with Gasteiger partial charge in [0.25, 0.3) is 0 Å². The fourth-order valence-corrected chi connectivity index (χ4v) is 2.54. The van der Waals surface area contributed by atoms with E-state index in [1.54, 1.807) is 23.9 Å². The molecule has 0 spiro atoms. The van der Waals surface area contributed by atoms with Crippen molar-refractivity contribution < 1.29 is 13.9 Å². The Bertz CT molecular complexity index is 601. The van der Waals surface area contributed by atoms with Gasteiger partial charge < -0.3 is 9.15 Å². The number of benzene rings is 1. The average Bonchev–Trinajstić information content (AvgIpc) is 2.94. The number of carbonyl (C=O) groups excluding carboxylic acids is 1. The van der Waals surface area contributed by atoms with Crippen molar-refractivity contribution in [3.05, 3.63) is 35.2 Å². The summed E-state index contributed by atoms with van der Waals surface area (Å²) in [5.41, 5.74) is 0.825. The molecule has 0 saturated carbocycles. The summed E-state index contributed by atoms with van der Waals surface area (Å²) >= 11 is 7.40. The Morgan fingerprint density at radius 2 is 2.10 bits per heavy atom. The van der Waals surface area contributed by atoms with E-state index in [9.17, 15) is 4.79 Å². The second-order valence-corrected chi connectivity index (χ2v) is 6.27. The Morgan fingerprint density at radius 3 is 2.76 bits per heavy atom. The van der Waals surface area contributed by atoms with E-state index in [2.05, 4.69) is 14.9 Å². The first-order valence-electron chi connectivity index (χ1n) is 6.35. The van der Waals surface area contributed by atoms with Crippen LogP contribution in [0.4, 0.5) is 0 Å². The molecule has 0 N–H and O–H groups in total. The molecule has 0 saturated heterocycles. The molecule has 5 nitrogen and oxygen atoms in total. The van der Waals surface area contributed by atoms with Crippen molar-refractivity contribution in [2.75, 3.05) is 7.11 Å². The summed E-state index contributed by atoms with van der Waals surface area (Å²) in [5, 5.41) is 8.79. The van der Waals surface area contributed by atoms with E-state index in [1.807, 2.05) is 19.1 Å². The molecular weight excluding hydrogens is 312 g/mol. The minimum absolute atomic E-state index is 0.128. The number of aromatic nitrogens is 2. The van der Waals surface area contributed by atoms with Gasteiger partial charge in [0, 0.05) is 15.8 Å². The molecular formula is C14H15ClN2O3S. The van der Waals surface area contributed by atoms with Crippen LogP contribution in [0.1, 0.15) is 19.2 Å². The molecule has 0 aliphatic rings. The number of carbonyl (C=O) groups is 1. The zero-order chi connectivity index (χ0) is 15.2. The Labute approximate surface area is 132 Å². The molecule has 1 aromatic carbocycles. The van der Waals surface area contributed by atoms with Crippen LogP contribution in [0.3, 0.4) is 0 Å². The molecule has 2 rings (SSSR count). The minimum atomic E-state index is -0.220. The van der Waals surface area contributed by atoms with E-state index in [-0.39, 0.29) is 11.2 Å². The van der Waals surface area contributed by atoms with Crippen molar-refractivity contribution in [3.8, 4) is 11.5 Å². The molecule has 0 fully saturated rings. The molecule has 7 heteroatoms. The number of hydrogen-bond acceptors (Lipinski definition) is 6.